The second-order valence-electron chi connectivity index (χ2n) is 8.09. The summed E-state index contributed by atoms with van der Waals surface area (Å²) in [6.07, 6.45) is 10.9. The third kappa shape index (κ3) is 5.35. The van der Waals surface area contributed by atoms with Crippen LogP contribution in [0, 0.1) is 17.8 Å². The van der Waals surface area contributed by atoms with E-state index in [9.17, 15) is 0 Å². The van der Waals surface area contributed by atoms with Crippen molar-refractivity contribution in [2.75, 3.05) is 25.2 Å². The van der Waals surface area contributed by atoms with Crippen LogP contribution >= 0.6 is 0 Å². The van der Waals surface area contributed by atoms with E-state index in [4.69, 9.17) is 20.9 Å². The number of benzene rings is 1. The third-order valence-electron chi connectivity index (χ3n) is 6.20. The molecule has 0 spiro atoms. The van der Waals surface area contributed by atoms with Crippen LogP contribution in [0.4, 0.5) is 11.4 Å². The van der Waals surface area contributed by atoms with E-state index in [1.807, 2.05) is 19.2 Å². The largest absolute Gasteiger partial charge is 0.399 e. The highest BCUT2D eigenvalue weighted by molar-refractivity contribution is 5.54. The minimum atomic E-state index is 0.392. The second kappa shape index (κ2) is 8.91. The Hall–Kier alpha value is -1.26. The Morgan fingerprint density at radius 1 is 0.840 bits per heavy atom. The molecule has 0 saturated heterocycles. The standard InChI is InChI=1S/C21H34N2O2/c1-24-13-15-2-4-17(5-3-15)18-6-8-21(9-7-18)25-14-16-10-19(22)12-20(23)11-16/h10-12,15,17-18,21H,2-9,13-14,22-23H2,1H3. The lowest BCUT2D eigenvalue weighted by Gasteiger charge is -2.37. The molecule has 140 valence electrons. The van der Waals surface area contributed by atoms with Gasteiger partial charge in [-0.25, -0.2) is 0 Å². The Morgan fingerprint density at radius 2 is 1.40 bits per heavy atom. The molecular formula is C21H34N2O2. The SMILES string of the molecule is COCC1CCC(C2CCC(OCc3cc(N)cc(N)c3)CC2)CC1. The van der Waals surface area contributed by atoms with E-state index < -0.39 is 0 Å². The first-order chi connectivity index (χ1) is 12.1. The zero-order valence-electron chi connectivity index (χ0n) is 15.6. The topological polar surface area (TPSA) is 70.5 Å². The highest BCUT2D eigenvalue weighted by atomic mass is 16.5. The van der Waals surface area contributed by atoms with Gasteiger partial charge in [-0.2, -0.15) is 0 Å². The smallest absolute Gasteiger partial charge is 0.0722 e. The Balaban J connectivity index is 1.39. The normalized spacial score (nSPS) is 30.3. The van der Waals surface area contributed by atoms with Crippen molar-refractivity contribution in [3.8, 4) is 0 Å². The number of nitrogens with two attached hydrogens (primary N) is 2. The van der Waals surface area contributed by atoms with E-state index >= 15 is 0 Å². The highest BCUT2D eigenvalue weighted by Gasteiger charge is 2.31. The van der Waals surface area contributed by atoms with Crippen LogP contribution in [-0.2, 0) is 16.1 Å². The fraction of sp³-hybridized carbons (Fsp3) is 0.714. The molecule has 4 heteroatoms. The molecule has 3 rings (SSSR count). The Labute approximate surface area is 152 Å². The van der Waals surface area contributed by atoms with Crippen molar-refractivity contribution >= 4 is 11.4 Å². The molecule has 4 nitrogen and oxygen atoms in total. The van der Waals surface area contributed by atoms with Gasteiger partial charge in [0, 0.05) is 25.1 Å². The number of ether oxygens (including phenoxy) is 2. The molecule has 0 heterocycles. The zero-order valence-corrected chi connectivity index (χ0v) is 15.6. The summed E-state index contributed by atoms with van der Waals surface area (Å²) in [6.45, 7) is 1.56. The van der Waals surface area contributed by atoms with Crippen molar-refractivity contribution in [1.82, 2.24) is 0 Å². The van der Waals surface area contributed by atoms with Gasteiger partial charge in [0.25, 0.3) is 0 Å². The summed E-state index contributed by atoms with van der Waals surface area (Å²) in [7, 11) is 1.82. The number of rotatable bonds is 6. The molecule has 25 heavy (non-hydrogen) atoms. The molecule has 2 aliphatic rings. The van der Waals surface area contributed by atoms with Crippen LogP contribution in [0.3, 0.4) is 0 Å². The molecule has 2 fully saturated rings. The lowest BCUT2D eigenvalue weighted by Crippen LogP contribution is -2.29. The van der Waals surface area contributed by atoms with Crippen LogP contribution in [0.5, 0.6) is 0 Å². The van der Waals surface area contributed by atoms with Crippen molar-refractivity contribution in [3.05, 3.63) is 23.8 Å². The molecule has 0 unspecified atom stereocenters. The van der Waals surface area contributed by atoms with Crippen LogP contribution < -0.4 is 11.5 Å². The Kier molecular flexibility index (Phi) is 6.60. The quantitative estimate of drug-likeness (QED) is 0.750. The Morgan fingerprint density at radius 3 is 1.96 bits per heavy atom. The fourth-order valence-corrected chi connectivity index (χ4v) is 4.83. The average molecular weight is 347 g/mol. The molecule has 0 radical (unpaired) electrons. The number of hydrogen-bond donors (Lipinski definition) is 2. The van der Waals surface area contributed by atoms with Crippen LogP contribution in [-0.4, -0.2) is 19.8 Å². The summed E-state index contributed by atoms with van der Waals surface area (Å²) in [5.41, 5.74) is 14.2. The molecule has 0 atom stereocenters. The second-order valence-corrected chi connectivity index (χ2v) is 8.09. The van der Waals surface area contributed by atoms with E-state index in [2.05, 4.69) is 0 Å². The summed E-state index contributed by atoms with van der Waals surface area (Å²) in [4.78, 5) is 0. The first-order valence-electron chi connectivity index (χ1n) is 9.89. The fourth-order valence-electron chi connectivity index (χ4n) is 4.83. The number of nitrogen functional groups attached to an aromatic ring is 2. The van der Waals surface area contributed by atoms with Gasteiger partial charge in [-0.1, -0.05) is 0 Å². The number of hydrogen-bond acceptors (Lipinski definition) is 4. The van der Waals surface area contributed by atoms with Gasteiger partial charge in [0.05, 0.1) is 12.7 Å². The van der Waals surface area contributed by atoms with Crippen LogP contribution in [0.2, 0.25) is 0 Å². The predicted octanol–water partition coefficient (Wildman–Crippen LogP) is 4.38. The van der Waals surface area contributed by atoms with Gasteiger partial charge < -0.3 is 20.9 Å². The molecule has 1 aromatic rings. The van der Waals surface area contributed by atoms with Crippen molar-refractivity contribution in [2.45, 2.75) is 64.1 Å². The minimum Gasteiger partial charge on any atom is -0.399 e. The maximum atomic E-state index is 6.14. The lowest BCUT2D eigenvalue weighted by atomic mass is 9.71. The van der Waals surface area contributed by atoms with E-state index in [0.717, 1.165) is 29.9 Å². The van der Waals surface area contributed by atoms with E-state index in [1.165, 1.54) is 51.4 Å². The van der Waals surface area contributed by atoms with E-state index in [-0.39, 0.29) is 0 Å². The average Bonchev–Trinajstić information content (AvgIpc) is 2.61. The van der Waals surface area contributed by atoms with Gasteiger partial charge in [0.2, 0.25) is 0 Å². The van der Waals surface area contributed by atoms with Crippen LogP contribution in [0.15, 0.2) is 18.2 Å². The Bertz CT molecular complexity index is 512. The van der Waals surface area contributed by atoms with Gasteiger partial charge in [-0.3, -0.25) is 0 Å². The van der Waals surface area contributed by atoms with Crippen molar-refractivity contribution in [3.63, 3.8) is 0 Å². The first kappa shape index (κ1) is 18.5. The van der Waals surface area contributed by atoms with Gasteiger partial charge in [0.15, 0.2) is 0 Å². The molecule has 0 amide bonds. The predicted molar refractivity (Wildman–Crippen MR) is 103 cm³/mol. The van der Waals surface area contributed by atoms with Crippen LogP contribution in [0.25, 0.3) is 0 Å². The summed E-state index contributed by atoms with van der Waals surface area (Å²) < 4.78 is 11.5. The summed E-state index contributed by atoms with van der Waals surface area (Å²) in [5.74, 6) is 2.64. The molecule has 4 N–H and O–H groups in total. The third-order valence-corrected chi connectivity index (χ3v) is 6.20. The number of anilines is 2. The molecular weight excluding hydrogens is 312 g/mol. The summed E-state index contributed by atoms with van der Waals surface area (Å²) in [5, 5.41) is 0. The molecule has 2 aliphatic carbocycles. The van der Waals surface area contributed by atoms with Gasteiger partial charge in [-0.05, 0) is 92.9 Å². The lowest BCUT2D eigenvalue weighted by molar-refractivity contribution is -0.00393. The van der Waals surface area contributed by atoms with Crippen molar-refractivity contribution in [1.29, 1.82) is 0 Å². The van der Waals surface area contributed by atoms with Gasteiger partial charge in [0.1, 0.15) is 0 Å². The van der Waals surface area contributed by atoms with Crippen molar-refractivity contribution < 1.29 is 9.47 Å². The molecule has 0 bridgehead atoms. The maximum Gasteiger partial charge on any atom is 0.0722 e. The highest BCUT2D eigenvalue weighted by Crippen LogP contribution is 2.40. The zero-order chi connectivity index (χ0) is 17.6. The number of methoxy groups -OCH3 is 1. The molecule has 0 aliphatic heterocycles. The van der Waals surface area contributed by atoms with E-state index in [0.29, 0.717) is 24.1 Å². The van der Waals surface area contributed by atoms with Crippen LogP contribution in [0.1, 0.15) is 56.9 Å². The van der Waals surface area contributed by atoms with Gasteiger partial charge >= 0.3 is 0 Å². The van der Waals surface area contributed by atoms with Crippen molar-refractivity contribution in [2.24, 2.45) is 17.8 Å². The maximum absolute atomic E-state index is 6.14. The molecule has 1 aromatic carbocycles. The summed E-state index contributed by atoms with van der Waals surface area (Å²) >= 11 is 0. The summed E-state index contributed by atoms with van der Waals surface area (Å²) in [6, 6.07) is 5.71. The minimum absolute atomic E-state index is 0.392. The monoisotopic (exact) mass is 346 g/mol. The van der Waals surface area contributed by atoms with E-state index in [1.54, 1.807) is 6.07 Å². The first-order valence-corrected chi connectivity index (χ1v) is 9.89. The molecule has 0 aromatic heterocycles. The van der Waals surface area contributed by atoms with Gasteiger partial charge in [-0.15, -0.1) is 0 Å². The molecule has 2 saturated carbocycles.